The number of hydrogen-bond donors (Lipinski definition) is 3. The van der Waals surface area contributed by atoms with Crippen LogP contribution in [0, 0.1) is 5.82 Å². The van der Waals surface area contributed by atoms with E-state index in [1.165, 1.54) is 18.2 Å². The number of benzene rings is 2. The van der Waals surface area contributed by atoms with Gasteiger partial charge in [0.1, 0.15) is 5.82 Å². The maximum Gasteiger partial charge on any atom is 0.319 e. The Morgan fingerprint density at radius 3 is 2.55 bits per heavy atom. The van der Waals surface area contributed by atoms with Crippen molar-refractivity contribution in [3.63, 3.8) is 0 Å². The van der Waals surface area contributed by atoms with Crippen LogP contribution in [0.4, 0.5) is 20.6 Å². The van der Waals surface area contributed by atoms with E-state index in [-0.39, 0.29) is 12.2 Å². The van der Waals surface area contributed by atoms with Gasteiger partial charge in [-0.25, -0.2) is 9.18 Å². The standard InChI is InChI=1S/C15H13BrFN3O2/c16-10-4-3-5-11(8-10)19-15(22)18-9-14(21)20-13-7-2-1-6-12(13)17/h1-8H,9H2,(H,20,21)(H2,18,19,22). The number of anilines is 2. The van der Waals surface area contributed by atoms with Crippen molar-refractivity contribution in [1.29, 1.82) is 0 Å². The summed E-state index contributed by atoms with van der Waals surface area (Å²) in [6, 6.07) is 12.3. The van der Waals surface area contributed by atoms with Crippen LogP contribution in [-0.4, -0.2) is 18.5 Å². The zero-order valence-electron chi connectivity index (χ0n) is 11.4. The van der Waals surface area contributed by atoms with E-state index in [2.05, 4.69) is 31.9 Å². The molecule has 0 radical (unpaired) electrons. The van der Waals surface area contributed by atoms with E-state index < -0.39 is 17.8 Å². The summed E-state index contributed by atoms with van der Waals surface area (Å²) in [6.07, 6.45) is 0. The van der Waals surface area contributed by atoms with Crippen LogP contribution < -0.4 is 16.0 Å². The number of amides is 3. The van der Waals surface area contributed by atoms with Gasteiger partial charge in [-0.2, -0.15) is 0 Å². The third-order valence-corrected chi connectivity index (χ3v) is 3.13. The zero-order chi connectivity index (χ0) is 15.9. The molecule has 0 aromatic heterocycles. The molecule has 0 bridgehead atoms. The van der Waals surface area contributed by atoms with Crippen LogP contribution in [0.3, 0.4) is 0 Å². The molecular weight excluding hydrogens is 353 g/mol. The van der Waals surface area contributed by atoms with Crippen molar-refractivity contribution in [1.82, 2.24) is 5.32 Å². The lowest BCUT2D eigenvalue weighted by Gasteiger charge is -2.09. The van der Waals surface area contributed by atoms with Gasteiger partial charge in [-0.3, -0.25) is 4.79 Å². The summed E-state index contributed by atoms with van der Waals surface area (Å²) in [4.78, 5) is 23.3. The van der Waals surface area contributed by atoms with Crippen molar-refractivity contribution in [2.24, 2.45) is 0 Å². The Morgan fingerprint density at radius 1 is 1.05 bits per heavy atom. The van der Waals surface area contributed by atoms with E-state index in [1.807, 2.05) is 6.07 Å². The Hall–Kier alpha value is -2.41. The summed E-state index contributed by atoms with van der Waals surface area (Å²) in [6.45, 7) is -0.270. The van der Waals surface area contributed by atoms with Crippen LogP contribution in [0.5, 0.6) is 0 Å². The van der Waals surface area contributed by atoms with Gasteiger partial charge in [0, 0.05) is 10.2 Å². The maximum absolute atomic E-state index is 13.4. The molecule has 3 N–H and O–H groups in total. The van der Waals surface area contributed by atoms with Crippen LogP contribution in [0.15, 0.2) is 53.0 Å². The minimum atomic E-state index is -0.533. The number of rotatable bonds is 4. The molecule has 0 aliphatic heterocycles. The van der Waals surface area contributed by atoms with Crippen molar-refractivity contribution < 1.29 is 14.0 Å². The predicted molar refractivity (Wildman–Crippen MR) is 86.2 cm³/mol. The quantitative estimate of drug-likeness (QED) is 0.777. The first-order valence-electron chi connectivity index (χ1n) is 6.39. The second kappa shape index (κ2) is 7.56. The molecule has 0 atom stereocenters. The fourth-order valence-corrected chi connectivity index (χ4v) is 2.06. The van der Waals surface area contributed by atoms with Gasteiger partial charge >= 0.3 is 6.03 Å². The van der Waals surface area contributed by atoms with Crippen LogP contribution in [-0.2, 0) is 4.79 Å². The molecule has 0 unspecified atom stereocenters. The molecule has 2 aromatic carbocycles. The summed E-state index contributed by atoms with van der Waals surface area (Å²) in [5.41, 5.74) is 0.656. The normalized spacial score (nSPS) is 9.91. The summed E-state index contributed by atoms with van der Waals surface area (Å²) >= 11 is 3.29. The molecule has 0 aliphatic carbocycles. The maximum atomic E-state index is 13.4. The summed E-state index contributed by atoms with van der Waals surface area (Å²) in [5, 5.41) is 7.34. The SMILES string of the molecule is O=C(CNC(=O)Nc1cccc(Br)c1)Nc1ccccc1F. The molecule has 22 heavy (non-hydrogen) atoms. The van der Waals surface area contributed by atoms with Gasteiger partial charge in [0.15, 0.2) is 0 Å². The van der Waals surface area contributed by atoms with Crippen molar-refractivity contribution in [2.45, 2.75) is 0 Å². The second-order valence-corrected chi connectivity index (χ2v) is 5.26. The lowest BCUT2D eigenvalue weighted by Crippen LogP contribution is -2.35. The summed E-state index contributed by atoms with van der Waals surface area (Å²) in [7, 11) is 0. The van der Waals surface area contributed by atoms with Crippen molar-refractivity contribution in [3.8, 4) is 0 Å². The largest absolute Gasteiger partial charge is 0.329 e. The van der Waals surface area contributed by atoms with Crippen molar-refractivity contribution in [2.75, 3.05) is 17.2 Å². The highest BCUT2D eigenvalue weighted by Crippen LogP contribution is 2.15. The van der Waals surface area contributed by atoms with Crippen molar-refractivity contribution >= 4 is 39.2 Å². The third kappa shape index (κ3) is 4.85. The molecule has 5 nitrogen and oxygen atoms in total. The molecule has 2 rings (SSSR count). The van der Waals surface area contributed by atoms with Crippen LogP contribution in [0.2, 0.25) is 0 Å². The minimum absolute atomic E-state index is 0.0710. The molecule has 0 saturated carbocycles. The average Bonchev–Trinajstić information content (AvgIpc) is 2.48. The molecule has 0 fully saturated rings. The van der Waals surface area contributed by atoms with Crippen LogP contribution in [0.25, 0.3) is 0 Å². The van der Waals surface area contributed by atoms with E-state index in [1.54, 1.807) is 24.3 Å². The lowest BCUT2D eigenvalue weighted by molar-refractivity contribution is -0.115. The minimum Gasteiger partial charge on any atom is -0.329 e. The van der Waals surface area contributed by atoms with Crippen LogP contribution in [0.1, 0.15) is 0 Å². The predicted octanol–water partition coefficient (Wildman–Crippen LogP) is 3.35. The topological polar surface area (TPSA) is 70.2 Å². The van der Waals surface area contributed by atoms with E-state index in [4.69, 9.17) is 0 Å². The molecular formula is C15H13BrFN3O2. The number of urea groups is 1. The highest BCUT2D eigenvalue weighted by Gasteiger charge is 2.08. The number of nitrogens with one attached hydrogen (secondary N) is 3. The Labute approximate surface area is 135 Å². The first-order valence-corrected chi connectivity index (χ1v) is 7.19. The van der Waals surface area contributed by atoms with Gasteiger partial charge in [-0.15, -0.1) is 0 Å². The van der Waals surface area contributed by atoms with Gasteiger partial charge in [0.2, 0.25) is 5.91 Å². The average molecular weight is 366 g/mol. The molecule has 114 valence electrons. The first-order chi connectivity index (χ1) is 10.5. The number of carbonyl (C=O) groups excluding carboxylic acids is 2. The molecule has 3 amide bonds. The number of hydrogen-bond acceptors (Lipinski definition) is 2. The second-order valence-electron chi connectivity index (χ2n) is 4.35. The Kier molecular flexibility index (Phi) is 5.48. The summed E-state index contributed by atoms with van der Waals surface area (Å²) in [5.74, 6) is -1.05. The number of halogens is 2. The van der Waals surface area contributed by atoms with E-state index in [9.17, 15) is 14.0 Å². The van der Waals surface area contributed by atoms with E-state index in [0.29, 0.717) is 5.69 Å². The molecule has 0 heterocycles. The fourth-order valence-electron chi connectivity index (χ4n) is 1.66. The van der Waals surface area contributed by atoms with Gasteiger partial charge in [-0.05, 0) is 30.3 Å². The monoisotopic (exact) mass is 365 g/mol. The van der Waals surface area contributed by atoms with Gasteiger partial charge in [0.25, 0.3) is 0 Å². The lowest BCUT2D eigenvalue weighted by atomic mass is 10.3. The molecule has 0 saturated heterocycles. The van der Waals surface area contributed by atoms with Gasteiger partial charge in [0.05, 0.1) is 12.2 Å². The Morgan fingerprint density at radius 2 is 1.82 bits per heavy atom. The first kappa shape index (κ1) is 16.0. The smallest absolute Gasteiger partial charge is 0.319 e. The van der Waals surface area contributed by atoms with Crippen LogP contribution >= 0.6 is 15.9 Å². The highest BCUT2D eigenvalue weighted by molar-refractivity contribution is 9.10. The summed E-state index contributed by atoms with van der Waals surface area (Å²) < 4.78 is 14.2. The molecule has 0 spiro atoms. The molecule has 2 aromatic rings. The van der Waals surface area contributed by atoms with Gasteiger partial charge in [-0.1, -0.05) is 34.1 Å². The highest BCUT2D eigenvalue weighted by atomic mass is 79.9. The van der Waals surface area contributed by atoms with Gasteiger partial charge < -0.3 is 16.0 Å². The van der Waals surface area contributed by atoms with E-state index >= 15 is 0 Å². The molecule has 7 heteroatoms. The zero-order valence-corrected chi connectivity index (χ0v) is 13.0. The third-order valence-electron chi connectivity index (χ3n) is 2.64. The van der Waals surface area contributed by atoms with Crippen molar-refractivity contribution in [3.05, 3.63) is 58.8 Å². The Bertz CT molecular complexity index is 694. The number of para-hydroxylation sites is 1. The Balaban J connectivity index is 1.81. The number of carbonyl (C=O) groups is 2. The fraction of sp³-hybridized carbons (Fsp3) is 0.0667. The van der Waals surface area contributed by atoms with E-state index in [0.717, 1.165) is 4.47 Å². The molecule has 0 aliphatic rings.